The molecule has 0 atom stereocenters. The van der Waals surface area contributed by atoms with Crippen molar-refractivity contribution in [1.82, 2.24) is 9.29 Å². The van der Waals surface area contributed by atoms with E-state index >= 15 is 0 Å². The topological polar surface area (TPSA) is 62.4 Å². The van der Waals surface area contributed by atoms with Crippen molar-refractivity contribution in [3.63, 3.8) is 0 Å². The van der Waals surface area contributed by atoms with Crippen LogP contribution in [-0.4, -0.2) is 31.4 Å². The molecule has 1 N–H and O–H groups in total. The van der Waals surface area contributed by atoms with Gasteiger partial charge < -0.3 is 9.72 Å². The number of nitrogens with zero attached hydrogens (tertiary/aromatic N) is 1. The fourth-order valence-electron chi connectivity index (χ4n) is 3.45. The van der Waals surface area contributed by atoms with Crippen molar-refractivity contribution >= 4 is 20.9 Å². The molecule has 2 heterocycles. The van der Waals surface area contributed by atoms with Crippen molar-refractivity contribution < 1.29 is 13.2 Å². The fourth-order valence-corrected chi connectivity index (χ4v) is 4.97. The highest BCUT2D eigenvalue weighted by Gasteiger charge is 2.30. The van der Waals surface area contributed by atoms with E-state index in [1.54, 1.807) is 29.6 Å². The third-order valence-corrected chi connectivity index (χ3v) is 6.62. The molecule has 25 heavy (non-hydrogen) atoms. The van der Waals surface area contributed by atoms with Crippen LogP contribution < -0.4 is 4.74 Å². The molecule has 0 fully saturated rings. The first-order valence-electron chi connectivity index (χ1n) is 8.23. The van der Waals surface area contributed by atoms with Gasteiger partial charge in [0, 0.05) is 23.1 Å². The lowest BCUT2D eigenvalue weighted by molar-refractivity contribution is 0.388. The summed E-state index contributed by atoms with van der Waals surface area (Å²) in [6, 6.07) is 13.0. The molecule has 0 unspecified atom stereocenters. The summed E-state index contributed by atoms with van der Waals surface area (Å²) < 4.78 is 32.8. The summed E-state index contributed by atoms with van der Waals surface area (Å²) in [4.78, 5) is 3.73. The fraction of sp³-hybridized carbons (Fsp3) is 0.263. The van der Waals surface area contributed by atoms with Gasteiger partial charge in [-0.05, 0) is 54.8 Å². The maximum atomic E-state index is 13.0. The summed E-state index contributed by atoms with van der Waals surface area (Å²) in [6.07, 6.45) is 0.688. The molecule has 1 aliphatic heterocycles. The quantitative estimate of drug-likeness (QED) is 0.784. The van der Waals surface area contributed by atoms with Gasteiger partial charge in [-0.3, -0.25) is 0 Å². The zero-order valence-corrected chi connectivity index (χ0v) is 15.1. The van der Waals surface area contributed by atoms with E-state index in [0.717, 1.165) is 27.9 Å². The summed E-state index contributed by atoms with van der Waals surface area (Å²) in [5, 5.41) is 1.11. The van der Waals surface area contributed by atoms with Gasteiger partial charge in [0.15, 0.2) is 0 Å². The van der Waals surface area contributed by atoms with Gasteiger partial charge in [0.25, 0.3) is 0 Å². The van der Waals surface area contributed by atoms with Crippen molar-refractivity contribution in [1.29, 1.82) is 0 Å². The minimum Gasteiger partial charge on any atom is -0.497 e. The van der Waals surface area contributed by atoms with Crippen molar-refractivity contribution in [3.8, 4) is 5.75 Å². The van der Waals surface area contributed by atoms with E-state index in [1.165, 1.54) is 5.56 Å². The SMILES string of the molecule is COc1ccc2[nH]c3c(c2c1)CCN(S(=O)(=O)c1cccc(C)c1)C3. The Hall–Kier alpha value is -2.31. The molecule has 0 saturated carbocycles. The highest BCUT2D eigenvalue weighted by Crippen LogP contribution is 2.32. The molecule has 1 aliphatic rings. The summed E-state index contributed by atoms with van der Waals surface area (Å²) in [5.74, 6) is 0.809. The third-order valence-electron chi connectivity index (χ3n) is 4.77. The Balaban J connectivity index is 1.71. The first-order chi connectivity index (χ1) is 12.0. The lowest BCUT2D eigenvalue weighted by Gasteiger charge is -2.26. The van der Waals surface area contributed by atoms with E-state index in [1.807, 2.05) is 31.2 Å². The number of nitrogens with one attached hydrogen (secondary N) is 1. The second-order valence-corrected chi connectivity index (χ2v) is 8.34. The van der Waals surface area contributed by atoms with Gasteiger partial charge in [0.2, 0.25) is 10.0 Å². The zero-order valence-electron chi connectivity index (χ0n) is 14.2. The van der Waals surface area contributed by atoms with Crippen molar-refractivity contribution in [2.45, 2.75) is 24.8 Å². The van der Waals surface area contributed by atoms with Crippen LogP contribution in [0.4, 0.5) is 0 Å². The lowest BCUT2D eigenvalue weighted by Crippen LogP contribution is -2.35. The molecule has 3 aromatic rings. The van der Waals surface area contributed by atoms with Crippen molar-refractivity contribution in [2.75, 3.05) is 13.7 Å². The predicted octanol–water partition coefficient (Wildman–Crippen LogP) is 3.23. The van der Waals surface area contributed by atoms with Gasteiger partial charge in [-0.15, -0.1) is 0 Å². The van der Waals surface area contributed by atoms with E-state index in [2.05, 4.69) is 4.98 Å². The largest absolute Gasteiger partial charge is 0.497 e. The molecule has 0 radical (unpaired) electrons. The maximum absolute atomic E-state index is 13.0. The normalized spacial score (nSPS) is 15.3. The van der Waals surface area contributed by atoms with Crippen LogP contribution in [0.3, 0.4) is 0 Å². The number of ether oxygens (including phenoxy) is 1. The number of fused-ring (bicyclic) bond motifs is 3. The highest BCUT2D eigenvalue weighted by atomic mass is 32.2. The number of aryl methyl sites for hydroxylation is 1. The molecule has 0 bridgehead atoms. The number of aromatic amines is 1. The monoisotopic (exact) mass is 356 g/mol. The minimum atomic E-state index is -3.49. The van der Waals surface area contributed by atoms with Crippen LogP contribution in [0, 0.1) is 6.92 Å². The van der Waals surface area contributed by atoms with Crippen LogP contribution >= 0.6 is 0 Å². The number of hydrogen-bond acceptors (Lipinski definition) is 3. The van der Waals surface area contributed by atoms with Gasteiger partial charge >= 0.3 is 0 Å². The van der Waals surface area contributed by atoms with Crippen LogP contribution in [0.1, 0.15) is 16.8 Å². The average molecular weight is 356 g/mol. The van der Waals surface area contributed by atoms with Crippen LogP contribution in [0.5, 0.6) is 5.75 Å². The van der Waals surface area contributed by atoms with Crippen molar-refractivity contribution in [3.05, 3.63) is 59.3 Å². The molecular weight excluding hydrogens is 336 g/mol. The third kappa shape index (κ3) is 2.71. The molecule has 6 heteroatoms. The number of benzene rings is 2. The summed E-state index contributed by atoms with van der Waals surface area (Å²) in [7, 11) is -1.84. The van der Waals surface area contributed by atoms with Gasteiger partial charge in [-0.2, -0.15) is 4.31 Å². The Morgan fingerprint density at radius 1 is 1.16 bits per heavy atom. The van der Waals surface area contributed by atoms with E-state index < -0.39 is 10.0 Å². The molecule has 0 saturated heterocycles. The Morgan fingerprint density at radius 3 is 2.76 bits per heavy atom. The Bertz CT molecular complexity index is 1050. The molecule has 5 nitrogen and oxygen atoms in total. The molecule has 1 aromatic heterocycles. The number of aromatic nitrogens is 1. The van der Waals surface area contributed by atoms with E-state index in [9.17, 15) is 8.42 Å². The van der Waals surface area contributed by atoms with E-state index in [0.29, 0.717) is 24.4 Å². The highest BCUT2D eigenvalue weighted by molar-refractivity contribution is 7.89. The Labute approximate surface area is 147 Å². The standard InChI is InChI=1S/C19H20N2O3S/c1-13-4-3-5-15(10-13)25(22,23)21-9-8-16-17-11-14(24-2)6-7-18(17)20-19(16)12-21/h3-7,10-11,20H,8-9,12H2,1-2H3. The molecule has 0 aliphatic carbocycles. The number of hydrogen-bond donors (Lipinski definition) is 1. The zero-order chi connectivity index (χ0) is 17.6. The van der Waals surface area contributed by atoms with Crippen LogP contribution in [0.15, 0.2) is 47.4 Å². The van der Waals surface area contributed by atoms with Gasteiger partial charge in [0.05, 0.1) is 18.6 Å². The van der Waals surface area contributed by atoms with Crippen molar-refractivity contribution in [2.24, 2.45) is 0 Å². The molecule has 4 rings (SSSR count). The molecule has 0 amide bonds. The maximum Gasteiger partial charge on any atom is 0.243 e. The van der Waals surface area contributed by atoms with Gasteiger partial charge in [-0.25, -0.2) is 8.42 Å². The number of rotatable bonds is 3. The second kappa shape index (κ2) is 5.89. The minimum absolute atomic E-state index is 0.355. The lowest BCUT2D eigenvalue weighted by atomic mass is 10.0. The summed E-state index contributed by atoms with van der Waals surface area (Å²) in [6.45, 7) is 2.74. The predicted molar refractivity (Wildman–Crippen MR) is 97.3 cm³/mol. The second-order valence-electron chi connectivity index (χ2n) is 6.40. The number of H-pyrrole nitrogens is 1. The summed E-state index contributed by atoms with van der Waals surface area (Å²) >= 11 is 0. The molecule has 0 spiro atoms. The first-order valence-corrected chi connectivity index (χ1v) is 9.67. The van der Waals surface area contributed by atoms with Gasteiger partial charge in [-0.1, -0.05) is 12.1 Å². The van der Waals surface area contributed by atoms with Crippen LogP contribution in [0.25, 0.3) is 10.9 Å². The van der Waals surface area contributed by atoms with E-state index in [-0.39, 0.29) is 0 Å². The average Bonchev–Trinajstić information content (AvgIpc) is 2.98. The molecule has 130 valence electrons. The van der Waals surface area contributed by atoms with Gasteiger partial charge in [0.1, 0.15) is 5.75 Å². The Kier molecular flexibility index (Phi) is 3.81. The first kappa shape index (κ1) is 16.2. The number of sulfonamides is 1. The van der Waals surface area contributed by atoms with Crippen LogP contribution in [0.2, 0.25) is 0 Å². The van der Waals surface area contributed by atoms with E-state index in [4.69, 9.17) is 4.74 Å². The molecular formula is C19H20N2O3S. The van der Waals surface area contributed by atoms with Crippen LogP contribution in [-0.2, 0) is 23.0 Å². The summed E-state index contributed by atoms with van der Waals surface area (Å²) in [5.41, 5.74) is 4.10. The smallest absolute Gasteiger partial charge is 0.243 e. The number of methoxy groups -OCH3 is 1. The Morgan fingerprint density at radius 2 is 2.00 bits per heavy atom. The molecule has 2 aromatic carbocycles.